The van der Waals surface area contributed by atoms with Gasteiger partial charge < -0.3 is 0 Å². The zero-order chi connectivity index (χ0) is 23.5. The molecule has 0 amide bonds. The lowest BCUT2D eigenvalue weighted by atomic mass is 9.65. The van der Waals surface area contributed by atoms with Gasteiger partial charge in [0, 0.05) is 15.1 Å². The lowest BCUT2D eigenvalue weighted by molar-refractivity contribution is -0.663. The van der Waals surface area contributed by atoms with Crippen LogP contribution in [0.3, 0.4) is 0 Å². The van der Waals surface area contributed by atoms with Crippen LogP contribution in [0.1, 0.15) is 67.0 Å². The van der Waals surface area contributed by atoms with Gasteiger partial charge in [-0.1, -0.05) is 64.1 Å². The van der Waals surface area contributed by atoms with Crippen molar-refractivity contribution in [2.45, 2.75) is 65.1 Å². The summed E-state index contributed by atoms with van der Waals surface area (Å²) >= 11 is 0. The number of nitrogens with zero attached hydrogens (tertiary/aromatic N) is 2. The van der Waals surface area contributed by atoms with Crippen LogP contribution in [0.4, 0.5) is 0 Å². The largest absolute Gasteiger partial charge is 0.330 e. The smallest absolute Gasteiger partial charge is 0.233 e. The summed E-state index contributed by atoms with van der Waals surface area (Å²) < 4.78 is 26.4. The van der Waals surface area contributed by atoms with E-state index in [1.807, 2.05) is 56.4 Å². The predicted octanol–water partition coefficient (Wildman–Crippen LogP) is 6.21. The van der Waals surface area contributed by atoms with Crippen LogP contribution in [0, 0.1) is 13.8 Å². The molecule has 4 rings (SSSR count). The molecule has 0 saturated heterocycles. The number of rotatable bonds is 2. The first-order valence-electron chi connectivity index (χ1n) is 11.9. The number of hydrogen-bond donors (Lipinski definition) is 0. The highest BCUT2D eigenvalue weighted by Gasteiger charge is 2.43. The van der Waals surface area contributed by atoms with E-state index in [1.165, 1.54) is 5.56 Å². The lowest BCUT2D eigenvalue weighted by Crippen LogP contribution is -2.42. The SMILES string of the molecule is [2H]C([2H])([2H])c1cc(C)c(-c2nc3c(c[n+]2C)C(C)(C)CCC3(C)C)cc1-c1ccccc1. The Morgan fingerprint density at radius 3 is 2.31 bits per heavy atom. The van der Waals surface area contributed by atoms with Gasteiger partial charge in [0.2, 0.25) is 0 Å². The third kappa shape index (κ3) is 3.39. The molecular weight excluding hydrogens is 352 g/mol. The van der Waals surface area contributed by atoms with Gasteiger partial charge in [-0.2, -0.15) is 0 Å². The first-order chi connectivity index (χ1) is 14.8. The van der Waals surface area contributed by atoms with Crippen LogP contribution in [0.15, 0.2) is 48.7 Å². The summed E-state index contributed by atoms with van der Waals surface area (Å²) in [7, 11) is 2.04. The topological polar surface area (TPSA) is 16.8 Å². The maximum atomic E-state index is 8.11. The van der Waals surface area contributed by atoms with Gasteiger partial charge in [0.25, 0.3) is 0 Å². The normalized spacial score (nSPS) is 19.0. The number of hydrogen-bond acceptors (Lipinski definition) is 1. The van der Waals surface area contributed by atoms with E-state index in [0.717, 1.165) is 46.6 Å². The van der Waals surface area contributed by atoms with Crippen molar-refractivity contribution in [3.63, 3.8) is 0 Å². The molecule has 0 unspecified atom stereocenters. The van der Waals surface area contributed by atoms with Crippen LogP contribution in [-0.4, -0.2) is 4.98 Å². The molecule has 0 bridgehead atoms. The Bertz CT molecular complexity index is 1180. The van der Waals surface area contributed by atoms with E-state index in [9.17, 15) is 0 Å². The van der Waals surface area contributed by atoms with E-state index in [2.05, 4.69) is 38.5 Å². The summed E-state index contributed by atoms with van der Waals surface area (Å²) in [5, 5.41) is 0. The van der Waals surface area contributed by atoms with Gasteiger partial charge in [-0.25, -0.2) is 4.57 Å². The van der Waals surface area contributed by atoms with Gasteiger partial charge in [-0.15, -0.1) is 0 Å². The Labute approximate surface area is 179 Å². The maximum Gasteiger partial charge on any atom is 0.330 e. The van der Waals surface area contributed by atoms with E-state index in [-0.39, 0.29) is 10.8 Å². The molecule has 0 saturated carbocycles. The van der Waals surface area contributed by atoms with Crippen molar-refractivity contribution >= 4 is 0 Å². The zero-order valence-corrected chi connectivity index (χ0v) is 18.4. The van der Waals surface area contributed by atoms with Crippen molar-refractivity contribution in [1.29, 1.82) is 0 Å². The van der Waals surface area contributed by atoms with Gasteiger partial charge in [-0.3, -0.25) is 0 Å². The van der Waals surface area contributed by atoms with Crippen molar-refractivity contribution in [3.8, 4) is 22.5 Å². The minimum Gasteiger partial charge on any atom is -0.233 e. The molecule has 0 radical (unpaired) electrons. The molecule has 2 nitrogen and oxygen atoms in total. The Morgan fingerprint density at radius 1 is 0.931 bits per heavy atom. The van der Waals surface area contributed by atoms with Gasteiger partial charge in [0.1, 0.15) is 0 Å². The number of fused-ring (bicyclic) bond motifs is 1. The molecular formula is C27H33N2+. The van der Waals surface area contributed by atoms with Crippen molar-refractivity contribution in [2.75, 3.05) is 0 Å². The molecule has 0 fully saturated rings. The predicted molar refractivity (Wildman–Crippen MR) is 121 cm³/mol. The zero-order valence-electron chi connectivity index (χ0n) is 21.4. The summed E-state index contributed by atoms with van der Waals surface area (Å²) in [6.07, 6.45) is 4.47. The first kappa shape index (κ1) is 16.3. The second kappa shape index (κ2) is 6.79. The molecule has 29 heavy (non-hydrogen) atoms. The van der Waals surface area contributed by atoms with Gasteiger partial charge in [-0.05, 0) is 65.3 Å². The summed E-state index contributed by atoms with van der Waals surface area (Å²) in [6, 6.07) is 13.6. The molecule has 0 atom stereocenters. The first-order valence-corrected chi connectivity index (χ1v) is 10.4. The van der Waals surface area contributed by atoms with E-state index >= 15 is 0 Å². The van der Waals surface area contributed by atoms with Crippen LogP contribution in [0.25, 0.3) is 22.5 Å². The molecule has 0 spiro atoms. The monoisotopic (exact) mass is 388 g/mol. The van der Waals surface area contributed by atoms with Crippen LogP contribution < -0.4 is 4.57 Å². The molecule has 0 N–H and O–H groups in total. The van der Waals surface area contributed by atoms with Crippen LogP contribution in [0.5, 0.6) is 0 Å². The quantitative estimate of drug-likeness (QED) is 0.477. The minimum atomic E-state index is -2.19. The number of aromatic nitrogens is 2. The molecule has 1 aromatic heterocycles. The second-order valence-corrected chi connectivity index (χ2v) is 9.78. The van der Waals surface area contributed by atoms with E-state index in [0.29, 0.717) is 5.56 Å². The van der Waals surface area contributed by atoms with E-state index < -0.39 is 6.85 Å². The van der Waals surface area contributed by atoms with Crippen molar-refractivity contribution < 1.29 is 8.68 Å². The fraction of sp³-hybridized carbons (Fsp3) is 0.407. The van der Waals surface area contributed by atoms with E-state index in [1.54, 1.807) is 0 Å². The minimum absolute atomic E-state index is 0.00264. The second-order valence-electron chi connectivity index (χ2n) is 9.78. The molecule has 150 valence electrons. The molecule has 1 aliphatic carbocycles. The average molecular weight is 389 g/mol. The Hall–Kier alpha value is -2.48. The third-order valence-electron chi connectivity index (χ3n) is 6.57. The van der Waals surface area contributed by atoms with Crippen LogP contribution >= 0.6 is 0 Å². The number of benzene rings is 2. The van der Waals surface area contributed by atoms with Crippen molar-refractivity contribution in [3.05, 3.63) is 71.0 Å². The number of aryl methyl sites for hydroxylation is 3. The highest BCUT2D eigenvalue weighted by atomic mass is 15.0. The Morgan fingerprint density at radius 2 is 1.62 bits per heavy atom. The molecule has 3 aromatic rings. The fourth-order valence-electron chi connectivity index (χ4n) is 4.51. The van der Waals surface area contributed by atoms with Gasteiger partial charge in [0.05, 0.1) is 18.8 Å². The lowest BCUT2D eigenvalue weighted by Gasteiger charge is -2.37. The highest BCUT2D eigenvalue weighted by Crippen LogP contribution is 2.44. The van der Waals surface area contributed by atoms with Crippen LogP contribution in [0.2, 0.25) is 0 Å². The summed E-state index contributed by atoms with van der Waals surface area (Å²) in [5.41, 5.74) is 6.47. The third-order valence-corrected chi connectivity index (χ3v) is 6.57. The summed E-state index contributed by atoms with van der Waals surface area (Å²) in [5.74, 6) is 0.876. The van der Waals surface area contributed by atoms with E-state index in [4.69, 9.17) is 9.10 Å². The van der Waals surface area contributed by atoms with Crippen molar-refractivity contribution in [2.24, 2.45) is 7.05 Å². The fourth-order valence-corrected chi connectivity index (χ4v) is 4.51. The summed E-state index contributed by atoms with van der Waals surface area (Å²) in [4.78, 5) is 5.24. The Balaban J connectivity index is 1.99. The van der Waals surface area contributed by atoms with Gasteiger partial charge in [0.15, 0.2) is 5.69 Å². The average Bonchev–Trinajstić information content (AvgIpc) is 2.71. The van der Waals surface area contributed by atoms with Crippen molar-refractivity contribution in [1.82, 2.24) is 4.98 Å². The molecule has 2 aromatic carbocycles. The molecule has 1 heterocycles. The summed E-state index contributed by atoms with van der Waals surface area (Å²) in [6.45, 7) is 8.94. The molecule has 0 aliphatic heterocycles. The van der Waals surface area contributed by atoms with Gasteiger partial charge >= 0.3 is 5.82 Å². The maximum absolute atomic E-state index is 8.11. The highest BCUT2D eigenvalue weighted by molar-refractivity contribution is 5.74. The Kier molecular flexibility index (Phi) is 3.83. The van der Waals surface area contributed by atoms with Crippen LogP contribution in [-0.2, 0) is 17.9 Å². The standard InChI is InChI=1S/C27H33N2/c1-18-15-19(2)22(16-21(18)20-11-9-8-10-12-20)25-28-24-23(17-29(25)7)26(3,4)13-14-27(24,5)6/h8-12,15-17H,13-14H2,1-7H3/q+1/i1D3. The molecule has 2 heteroatoms. The molecule has 1 aliphatic rings.